The molecule has 1 saturated carbocycles. The highest BCUT2D eigenvalue weighted by atomic mass is 19.1. The van der Waals surface area contributed by atoms with Gasteiger partial charge in [0.05, 0.1) is 5.56 Å². The van der Waals surface area contributed by atoms with Crippen molar-refractivity contribution in [3.63, 3.8) is 0 Å². The first kappa shape index (κ1) is 18.3. The van der Waals surface area contributed by atoms with Gasteiger partial charge in [0, 0.05) is 43.9 Å². The van der Waals surface area contributed by atoms with E-state index in [0.717, 1.165) is 32.2 Å². The number of hydrogen-bond donors (Lipinski definition) is 0. The number of likely N-dealkylation sites (tertiary alicyclic amines) is 1. The minimum absolute atomic E-state index is 0.0460. The first-order chi connectivity index (χ1) is 13.0. The molecule has 0 unspecified atom stereocenters. The van der Waals surface area contributed by atoms with Crippen LogP contribution >= 0.6 is 0 Å². The number of carbonyl (C=O) groups excluding carboxylic acids is 2. The summed E-state index contributed by atoms with van der Waals surface area (Å²) in [4.78, 5) is 32.9. The van der Waals surface area contributed by atoms with E-state index in [1.165, 1.54) is 19.0 Å². The molecule has 1 spiro atoms. The highest BCUT2D eigenvalue weighted by Crippen LogP contribution is 2.48. The van der Waals surface area contributed by atoms with Crippen LogP contribution in [0.5, 0.6) is 0 Å². The van der Waals surface area contributed by atoms with Crippen LogP contribution in [-0.2, 0) is 15.1 Å². The van der Waals surface area contributed by atoms with E-state index in [0.29, 0.717) is 31.2 Å². The van der Waals surface area contributed by atoms with Gasteiger partial charge >= 0.3 is 5.97 Å². The standard InChI is InChI=1S/C20H26FN3O3/c1-23(10-11-24-8-2-3-9-24)18(25)14-4-6-20(7-5-14)16-13-22-17(21)12-15(16)19(26)27-20/h12-14H,2-11H2,1H3/t14-,20+. The largest absolute Gasteiger partial charge is 0.450 e. The number of rotatable bonds is 4. The number of likely N-dealkylation sites (N-methyl/N-ethyl adjacent to an activating group) is 1. The molecule has 0 atom stereocenters. The van der Waals surface area contributed by atoms with E-state index >= 15 is 0 Å². The number of hydrogen-bond acceptors (Lipinski definition) is 5. The van der Waals surface area contributed by atoms with Gasteiger partial charge in [0.25, 0.3) is 0 Å². The van der Waals surface area contributed by atoms with E-state index in [1.54, 1.807) is 0 Å². The number of pyridine rings is 1. The fourth-order valence-electron chi connectivity index (χ4n) is 4.67. The van der Waals surface area contributed by atoms with E-state index in [2.05, 4.69) is 9.88 Å². The third-order valence-electron chi connectivity index (χ3n) is 6.34. The summed E-state index contributed by atoms with van der Waals surface area (Å²) in [5, 5.41) is 0. The molecule has 1 saturated heterocycles. The van der Waals surface area contributed by atoms with Crippen molar-refractivity contribution in [2.24, 2.45) is 5.92 Å². The van der Waals surface area contributed by atoms with Gasteiger partial charge < -0.3 is 14.5 Å². The van der Waals surface area contributed by atoms with Crippen molar-refractivity contribution in [2.45, 2.75) is 44.1 Å². The van der Waals surface area contributed by atoms with Gasteiger partial charge in [0.15, 0.2) is 0 Å². The molecule has 1 amide bonds. The molecular formula is C20H26FN3O3. The number of ether oxygens (including phenoxy) is 1. The second-order valence-corrected chi connectivity index (χ2v) is 8.02. The molecule has 0 bridgehead atoms. The molecule has 1 aromatic heterocycles. The fourth-order valence-corrected chi connectivity index (χ4v) is 4.67. The summed E-state index contributed by atoms with van der Waals surface area (Å²) in [6, 6.07) is 1.15. The van der Waals surface area contributed by atoms with Crippen molar-refractivity contribution in [3.05, 3.63) is 29.3 Å². The molecule has 7 heteroatoms. The normalized spacial score (nSPS) is 27.6. The number of esters is 1. The number of nitrogens with zero attached hydrogens (tertiary/aromatic N) is 3. The topological polar surface area (TPSA) is 62.7 Å². The van der Waals surface area contributed by atoms with Crippen molar-refractivity contribution in [2.75, 3.05) is 33.2 Å². The van der Waals surface area contributed by atoms with E-state index in [9.17, 15) is 14.0 Å². The lowest BCUT2D eigenvalue weighted by Crippen LogP contribution is -2.41. The van der Waals surface area contributed by atoms with Crippen LogP contribution in [0.4, 0.5) is 4.39 Å². The maximum Gasteiger partial charge on any atom is 0.339 e. The minimum atomic E-state index is -0.738. The molecule has 1 aromatic rings. The third-order valence-corrected chi connectivity index (χ3v) is 6.34. The Balaban J connectivity index is 1.36. The molecule has 0 aromatic carbocycles. The Kier molecular flexibility index (Phi) is 4.88. The summed E-state index contributed by atoms with van der Waals surface area (Å²) in [6.07, 6.45) is 6.40. The van der Waals surface area contributed by atoms with Crippen LogP contribution in [0.2, 0.25) is 0 Å². The zero-order valence-electron chi connectivity index (χ0n) is 15.7. The molecule has 3 aliphatic rings. The van der Waals surface area contributed by atoms with Crippen LogP contribution in [0, 0.1) is 11.9 Å². The summed E-state index contributed by atoms with van der Waals surface area (Å²) in [5.74, 6) is -1.04. The Labute approximate surface area is 158 Å². The average molecular weight is 375 g/mol. The second kappa shape index (κ2) is 7.19. The monoisotopic (exact) mass is 375 g/mol. The lowest BCUT2D eigenvalue weighted by molar-refractivity contribution is -0.137. The Morgan fingerprint density at radius 3 is 2.78 bits per heavy atom. The Hall–Kier alpha value is -2.02. The number of halogens is 1. The van der Waals surface area contributed by atoms with Gasteiger partial charge in [0.1, 0.15) is 5.60 Å². The van der Waals surface area contributed by atoms with Crippen LogP contribution in [0.1, 0.15) is 54.4 Å². The number of aromatic nitrogens is 1. The number of amides is 1. The Morgan fingerprint density at radius 1 is 1.37 bits per heavy atom. The minimum Gasteiger partial charge on any atom is -0.450 e. The van der Waals surface area contributed by atoms with Crippen molar-refractivity contribution >= 4 is 11.9 Å². The van der Waals surface area contributed by atoms with Crippen LogP contribution in [0.15, 0.2) is 12.3 Å². The van der Waals surface area contributed by atoms with Crippen LogP contribution in [-0.4, -0.2) is 59.9 Å². The highest BCUT2D eigenvalue weighted by Gasteiger charge is 2.49. The van der Waals surface area contributed by atoms with Gasteiger partial charge in [-0.3, -0.25) is 4.79 Å². The summed E-state index contributed by atoms with van der Waals surface area (Å²) in [7, 11) is 1.88. The Morgan fingerprint density at radius 2 is 2.07 bits per heavy atom. The molecule has 4 rings (SSSR count). The average Bonchev–Trinajstić information content (AvgIpc) is 3.27. The van der Waals surface area contributed by atoms with Crippen molar-refractivity contribution in [1.82, 2.24) is 14.8 Å². The maximum absolute atomic E-state index is 13.4. The van der Waals surface area contributed by atoms with Crippen LogP contribution in [0.3, 0.4) is 0 Å². The van der Waals surface area contributed by atoms with E-state index in [1.807, 2.05) is 11.9 Å². The number of fused-ring (bicyclic) bond motifs is 2. The zero-order valence-corrected chi connectivity index (χ0v) is 15.7. The lowest BCUT2D eigenvalue weighted by atomic mass is 9.75. The van der Waals surface area contributed by atoms with E-state index in [4.69, 9.17) is 4.74 Å². The maximum atomic E-state index is 13.4. The molecule has 146 valence electrons. The van der Waals surface area contributed by atoms with Gasteiger partial charge in [-0.05, 0) is 51.6 Å². The van der Waals surface area contributed by atoms with Crippen LogP contribution in [0.25, 0.3) is 0 Å². The molecule has 1 aliphatic carbocycles. The summed E-state index contributed by atoms with van der Waals surface area (Å²) in [5.41, 5.74) is 0.204. The van der Waals surface area contributed by atoms with E-state index in [-0.39, 0.29) is 17.4 Å². The summed E-state index contributed by atoms with van der Waals surface area (Å²) < 4.78 is 19.0. The van der Waals surface area contributed by atoms with Gasteiger partial charge in [-0.1, -0.05) is 0 Å². The van der Waals surface area contributed by atoms with Gasteiger partial charge in [0.2, 0.25) is 11.9 Å². The Bertz CT molecular complexity index is 740. The third kappa shape index (κ3) is 3.45. The smallest absolute Gasteiger partial charge is 0.339 e. The van der Waals surface area contributed by atoms with Gasteiger partial charge in [-0.15, -0.1) is 0 Å². The fraction of sp³-hybridized carbons (Fsp3) is 0.650. The van der Waals surface area contributed by atoms with E-state index < -0.39 is 17.5 Å². The molecular weight excluding hydrogens is 349 g/mol. The molecule has 2 fully saturated rings. The van der Waals surface area contributed by atoms with Gasteiger partial charge in [-0.2, -0.15) is 4.39 Å². The van der Waals surface area contributed by atoms with Crippen molar-refractivity contribution < 1.29 is 18.7 Å². The molecule has 27 heavy (non-hydrogen) atoms. The number of carbonyl (C=O) groups is 2. The molecule has 0 N–H and O–H groups in total. The van der Waals surface area contributed by atoms with Crippen LogP contribution < -0.4 is 0 Å². The van der Waals surface area contributed by atoms with Gasteiger partial charge in [-0.25, -0.2) is 9.78 Å². The molecule has 3 heterocycles. The first-order valence-electron chi connectivity index (χ1n) is 9.85. The predicted octanol–water partition coefficient (Wildman–Crippen LogP) is 2.33. The SMILES string of the molecule is CN(CCN1CCCC1)C(=O)[C@H]1CC[C@]2(CC1)OC(=O)c1cc(F)ncc12. The molecule has 0 radical (unpaired) electrons. The highest BCUT2D eigenvalue weighted by molar-refractivity contribution is 5.94. The summed E-state index contributed by atoms with van der Waals surface area (Å²) in [6.45, 7) is 3.95. The molecule has 2 aliphatic heterocycles. The second-order valence-electron chi connectivity index (χ2n) is 8.02. The summed E-state index contributed by atoms with van der Waals surface area (Å²) >= 11 is 0. The molecule has 6 nitrogen and oxygen atoms in total. The zero-order chi connectivity index (χ0) is 19.0. The van der Waals surface area contributed by atoms with Crippen molar-refractivity contribution in [3.8, 4) is 0 Å². The van der Waals surface area contributed by atoms with Crippen molar-refractivity contribution in [1.29, 1.82) is 0 Å². The predicted molar refractivity (Wildman–Crippen MR) is 96.6 cm³/mol. The quantitative estimate of drug-likeness (QED) is 0.597. The lowest BCUT2D eigenvalue weighted by Gasteiger charge is -2.37. The first-order valence-corrected chi connectivity index (χ1v) is 9.85.